The Morgan fingerprint density at radius 1 is 0.783 bits per heavy atom. The molecule has 0 amide bonds. The predicted octanol–water partition coefficient (Wildman–Crippen LogP) is 4.83. The van der Waals surface area contributed by atoms with Gasteiger partial charge >= 0.3 is 5.97 Å². The molecule has 1 heterocycles. The van der Waals surface area contributed by atoms with E-state index in [1.807, 2.05) is 35.2 Å². The van der Waals surface area contributed by atoms with Gasteiger partial charge in [0.1, 0.15) is 0 Å². The second kappa shape index (κ2) is 14.2. The molecule has 0 aliphatic rings. The first kappa shape index (κ1) is 19.7. The average Bonchev–Trinajstić information content (AvgIpc) is 2.57. The van der Waals surface area contributed by atoms with Crippen LogP contribution in [-0.2, 0) is 16.1 Å². The van der Waals surface area contributed by atoms with Crippen molar-refractivity contribution < 1.29 is 14.1 Å². The topological polar surface area (TPSA) is 30.2 Å². The maximum Gasteiger partial charge on any atom is 0.372 e. The van der Waals surface area contributed by atoms with Crippen LogP contribution in [0.3, 0.4) is 0 Å². The van der Waals surface area contributed by atoms with Gasteiger partial charge in [-0.3, -0.25) is 0 Å². The normalized spacial score (nSPS) is 10.7. The Morgan fingerprint density at radius 3 is 1.87 bits per heavy atom. The highest BCUT2D eigenvalue weighted by Gasteiger charge is 2.09. The summed E-state index contributed by atoms with van der Waals surface area (Å²) in [5, 5.41) is 0. The van der Waals surface area contributed by atoms with Crippen molar-refractivity contribution >= 4 is 5.97 Å². The van der Waals surface area contributed by atoms with Gasteiger partial charge in [0, 0.05) is 12.1 Å². The van der Waals surface area contributed by atoms with E-state index >= 15 is 0 Å². The van der Waals surface area contributed by atoms with Crippen molar-refractivity contribution in [2.24, 2.45) is 0 Å². The molecule has 3 nitrogen and oxygen atoms in total. The third-order valence-electron chi connectivity index (χ3n) is 4.10. The van der Waals surface area contributed by atoms with Crippen LogP contribution in [0, 0.1) is 0 Å². The summed E-state index contributed by atoms with van der Waals surface area (Å²) in [6, 6.07) is 5.77. The van der Waals surface area contributed by atoms with Crippen molar-refractivity contribution in [1.82, 2.24) is 0 Å². The van der Waals surface area contributed by atoms with Crippen LogP contribution in [-0.4, -0.2) is 12.6 Å². The van der Waals surface area contributed by atoms with E-state index in [1.165, 1.54) is 64.2 Å². The fourth-order valence-electron chi connectivity index (χ4n) is 2.69. The van der Waals surface area contributed by atoms with Crippen LogP contribution >= 0.6 is 0 Å². The van der Waals surface area contributed by atoms with Crippen LogP contribution < -0.4 is 4.57 Å². The van der Waals surface area contributed by atoms with Gasteiger partial charge in [-0.2, -0.15) is 4.57 Å². The Morgan fingerprint density at radius 2 is 1.30 bits per heavy atom. The molecule has 23 heavy (non-hydrogen) atoms. The first-order chi connectivity index (χ1) is 11.3. The highest BCUT2D eigenvalue weighted by atomic mass is 16.5. The molecule has 0 fully saturated rings. The number of esters is 1. The maximum absolute atomic E-state index is 11.7. The summed E-state index contributed by atoms with van der Waals surface area (Å²) in [5.41, 5.74) is 0. The molecule has 0 radical (unpaired) electrons. The molecule has 1 rings (SSSR count). The second-order valence-electron chi connectivity index (χ2n) is 6.30. The van der Waals surface area contributed by atoms with Gasteiger partial charge in [0.25, 0.3) is 0 Å². The van der Waals surface area contributed by atoms with E-state index in [1.54, 1.807) is 0 Å². The molecule has 0 saturated heterocycles. The van der Waals surface area contributed by atoms with Crippen molar-refractivity contribution in [1.29, 1.82) is 0 Å². The lowest BCUT2D eigenvalue weighted by molar-refractivity contribution is -0.686. The number of nitrogens with zero attached hydrogens (tertiary/aromatic N) is 1. The lowest BCUT2D eigenvalue weighted by Crippen LogP contribution is -2.37. The van der Waals surface area contributed by atoms with Crippen molar-refractivity contribution in [2.45, 2.75) is 84.1 Å². The van der Waals surface area contributed by atoms with E-state index < -0.39 is 0 Å². The number of carbonyl (C=O) groups is 1. The van der Waals surface area contributed by atoms with E-state index in [2.05, 4.69) is 6.92 Å². The first-order valence-corrected chi connectivity index (χ1v) is 9.42. The van der Waals surface area contributed by atoms with Gasteiger partial charge in [-0.25, -0.2) is 4.79 Å². The Labute approximate surface area is 142 Å². The highest BCUT2D eigenvalue weighted by Crippen LogP contribution is 2.11. The van der Waals surface area contributed by atoms with Crippen LogP contribution in [0.4, 0.5) is 0 Å². The molecule has 0 aliphatic carbocycles. The zero-order valence-corrected chi connectivity index (χ0v) is 14.8. The molecule has 0 aliphatic heterocycles. The summed E-state index contributed by atoms with van der Waals surface area (Å²) in [4.78, 5) is 11.7. The van der Waals surface area contributed by atoms with Crippen LogP contribution in [0.2, 0.25) is 0 Å². The number of aromatic nitrogens is 1. The van der Waals surface area contributed by atoms with Crippen LogP contribution in [0.25, 0.3) is 0 Å². The van der Waals surface area contributed by atoms with Gasteiger partial charge in [0.15, 0.2) is 12.4 Å². The summed E-state index contributed by atoms with van der Waals surface area (Å²) >= 11 is 0. The lowest BCUT2D eigenvalue weighted by Gasteiger charge is -2.04. The Hall–Kier alpha value is -1.38. The van der Waals surface area contributed by atoms with E-state index in [0.717, 1.165) is 6.42 Å². The fraction of sp³-hybridized carbons (Fsp3) is 0.700. The van der Waals surface area contributed by atoms with Gasteiger partial charge < -0.3 is 4.74 Å². The maximum atomic E-state index is 11.7. The quantitative estimate of drug-likeness (QED) is 0.279. The standard InChI is InChI=1S/C20H34NO2/c1-2-3-4-5-6-7-8-9-10-11-15-18-23-20(22)19-21-16-13-12-14-17-21/h12-14,16-17H,2-11,15,18-19H2,1H3/q+1. The average molecular weight is 320 g/mol. The molecule has 130 valence electrons. The number of carbonyl (C=O) groups excluding carboxylic acids is 1. The van der Waals surface area contributed by atoms with Gasteiger partial charge in [-0.1, -0.05) is 77.2 Å². The summed E-state index contributed by atoms with van der Waals surface area (Å²) < 4.78 is 7.10. The molecule has 0 atom stereocenters. The molecule has 0 N–H and O–H groups in total. The smallest absolute Gasteiger partial charge is 0.372 e. The minimum absolute atomic E-state index is 0.145. The minimum atomic E-state index is -0.145. The van der Waals surface area contributed by atoms with E-state index in [-0.39, 0.29) is 5.97 Å². The van der Waals surface area contributed by atoms with Gasteiger partial charge in [0.05, 0.1) is 6.61 Å². The fourth-order valence-corrected chi connectivity index (χ4v) is 2.69. The number of unbranched alkanes of at least 4 members (excludes halogenated alkanes) is 10. The summed E-state index contributed by atoms with van der Waals surface area (Å²) in [5.74, 6) is -0.145. The summed E-state index contributed by atoms with van der Waals surface area (Å²) in [6.45, 7) is 3.12. The Balaban J connectivity index is 1.83. The zero-order chi connectivity index (χ0) is 16.6. The molecular weight excluding hydrogens is 286 g/mol. The van der Waals surface area contributed by atoms with E-state index in [0.29, 0.717) is 13.2 Å². The van der Waals surface area contributed by atoms with Crippen molar-refractivity contribution in [2.75, 3.05) is 6.61 Å². The molecule has 0 spiro atoms. The monoisotopic (exact) mass is 320 g/mol. The largest absolute Gasteiger partial charge is 0.461 e. The molecule has 0 unspecified atom stereocenters. The summed E-state index contributed by atoms with van der Waals surface area (Å²) in [7, 11) is 0. The Bertz CT molecular complexity index is 392. The van der Waals surface area contributed by atoms with Crippen molar-refractivity contribution in [3.05, 3.63) is 30.6 Å². The third-order valence-corrected chi connectivity index (χ3v) is 4.10. The number of hydrogen-bond acceptors (Lipinski definition) is 2. The minimum Gasteiger partial charge on any atom is -0.461 e. The van der Waals surface area contributed by atoms with Crippen LogP contribution in [0.5, 0.6) is 0 Å². The van der Waals surface area contributed by atoms with Crippen LogP contribution in [0.1, 0.15) is 77.6 Å². The second-order valence-corrected chi connectivity index (χ2v) is 6.30. The predicted molar refractivity (Wildman–Crippen MR) is 94.1 cm³/mol. The number of ether oxygens (including phenoxy) is 1. The van der Waals surface area contributed by atoms with Gasteiger partial charge in [-0.15, -0.1) is 0 Å². The highest BCUT2D eigenvalue weighted by molar-refractivity contribution is 5.67. The first-order valence-electron chi connectivity index (χ1n) is 9.42. The molecular formula is C20H34NO2+. The molecule has 1 aromatic heterocycles. The molecule has 0 bridgehead atoms. The van der Waals surface area contributed by atoms with Gasteiger partial charge in [0.2, 0.25) is 6.54 Å². The molecule has 1 aromatic rings. The number of hydrogen-bond donors (Lipinski definition) is 0. The molecule has 0 aromatic carbocycles. The van der Waals surface area contributed by atoms with Gasteiger partial charge in [-0.05, 0) is 6.42 Å². The van der Waals surface area contributed by atoms with E-state index in [4.69, 9.17) is 4.74 Å². The molecule has 0 saturated carbocycles. The van der Waals surface area contributed by atoms with Crippen molar-refractivity contribution in [3.8, 4) is 0 Å². The van der Waals surface area contributed by atoms with E-state index in [9.17, 15) is 4.79 Å². The lowest BCUT2D eigenvalue weighted by atomic mass is 10.1. The third kappa shape index (κ3) is 11.8. The number of rotatable bonds is 14. The number of pyridine rings is 1. The van der Waals surface area contributed by atoms with Crippen LogP contribution in [0.15, 0.2) is 30.6 Å². The zero-order valence-electron chi connectivity index (χ0n) is 14.8. The Kier molecular flexibility index (Phi) is 12.2. The summed E-state index contributed by atoms with van der Waals surface area (Å²) in [6.07, 6.45) is 18.2. The SMILES string of the molecule is CCCCCCCCCCCCCOC(=O)C[n+]1ccccc1. The molecule has 3 heteroatoms. The van der Waals surface area contributed by atoms with Crippen molar-refractivity contribution in [3.63, 3.8) is 0 Å².